The Labute approximate surface area is 115 Å². The molecule has 2 aromatic carbocycles. The van der Waals surface area contributed by atoms with E-state index < -0.39 is 0 Å². The van der Waals surface area contributed by atoms with Gasteiger partial charge in [-0.1, -0.05) is 35.4 Å². The Morgan fingerprint density at radius 3 is 2.16 bits per heavy atom. The summed E-state index contributed by atoms with van der Waals surface area (Å²) < 4.78 is 5.68. The van der Waals surface area contributed by atoms with E-state index in [2.05, 4.69) is 10.2 Å². The first-order chi connectivity index (χ1) is 9.22. The average molecular weight is 271 g/mol. The number of hydrogen-bond acceptors (Lipinski definition) is 3. The Bertz CT molecular complexity index is 661. The van der Waals surface area contributed by atoms with E-state index in [0.29, 0.717) is 16.8 Å². The zero-order valence-electron chi connectivity index (χ0n) is 10.3. The van der Waals surface area contributed by atoms with Gasteiger partial charge >= 0.3 is 0 Å². The van der Waals surface area contributed by atoms with Gasteiger partial charge in [0.15, 0.2) is 0 Å². The average Bonchev–Trinajstić information content (AvgIpc) is 2.88. The van der Waals surface area contributed by atoms with Crippen LogP contribution in [0.15, 0.2) is 52.9 Å². The molecule has 1 heterocycles. The molecule has 0 aliphatic rings. The maximum absolute atomic E-state index is 5.95. The van der Waals surface area contributed by atoms with Gasteiger partial charge in [-0.3, -0.25) is 0 Å². The van der Waals surface area contributed by atoms with Gasteiger partial charge < -0.3 is 4.42 Å². The predicted octanol–water partition coefficient (Wildman–Crippen LogP) is 4.37. The number of nitrogens with zero attached hydrogens (tertiary/aromatic N) is 2. The second-order valence-corrected chi connectivity index (χ2v) is 4.73. The molecule has 0 radical (unpaired) electrons. The van der Waals surface area contributed by atoms with Gasteiger partial charge in [-0.05, 0) is 37.3 Å². The van der Waals surface area contributed by atoms with Crippen LogP contribution in [0.4, 0.5) is 0 Å². The molecule has 0 atom stereocenters. The van der Waals surface area contributed by atoms with E-state index in [9.17, 15) is 0 Å². The Morgan fingerprint density at radius 2 is 1.53 bits per heavy atom. The molecule has 3 aromatic rings. The first-order valence-corrected chi connectivity index (χ1v) is 6.27. The van der Waals surface area contributed by atoms with E-state index in [4.69, 9.17) is 16.0 Å². The van der Waals surface area contributed by atoms with Crippen molar-refractivity contribution in [2.24, 2.45) is 0 Å². The van der Waals surface area contributed by atoms with Crippen LogP contribution in [-0.4, -0.2) is 10.2 Å². The molecule has 0 saturated heterocycles. The number of hydrogen-bond donors (Lipinski definition) is 0. The molecule has 0 bridgehead atoms. The highest BCUT2D eigenvalue weighted by molar-refractivity contribution is 6.30. The highest BCUT2D eigenvalue weighted by Gasteiger charge is 2.10. The molecule has 3 nitrogen and oxygen atoms in total. The normalized spacial score (nSPS) is 10.6. The van der Waals surface area contributed by atoms with Crippen LogP contribution in [0.5, 0.6) is 0 Å². The zero-order valence-corrected chi connectivity index (χ0v) is 11.1. The van der Waals surface area contributed by atoms with Crippen LogP contribution in [0.1, 0.15) is 5.56 Å². The SMILES string of the molecule is Cc1cccc(-c2nnc(-c3cccc(Cl)c3)o2)c1. The first kappa shape index (κ1) is 11.9. The molecule has 0 unspecified atom stereocenters. The molecular weight excluding hydrogens is 260 g/mol. The lowest BCUT2D eigenvalue weighted by Crippen LogP contribution is -1.78. The van der Waals surface area contributed by atoms with Crippen molar-refractivity contribution in [2.45, 2.75) is 6.92 Å². The lowest BCUT2D eigenvalue weighted by Gasteiger charge is -1.97. The summed E-state index contributed by atoms with van der Waals surface area (Å²) in [6.07, 6.45) is 0. The lowest BCUT2D eigenvalue weighted by atomic mass is 10.1. The summed E-state index contributed by atoms with van der Waals surface area (Å²) >= 11 is 5.95. The van der Waals surface area contributed by atoms with Crippen molar-refractivity contribution in [1.82, 2.24) is 10.2 Å². The van der Waals surface area contributed by atoms with Crippen LogP contribution in [0.2, 0.25) is 5.02 Å². The van der Waals surface area contributed by atoms with E-state index in [1.54, 1.807) is 6.07 Å². The van der Waals surface area contributed by atoms with E-state index in [1.807, 2.05) is 49.4 Å². The van der Waals surface area contributed by atoms with Gasteiger partial charge in [-0.25, -0.2) is 0 Å². The molecule has 0 aliphatic carbocycles. The molecular formula is C15H11ClN2O. The van der Waals surface area contributed by atoms with Crippen molar-refractivity contribution >= 4 is 11.6 Å². The Balaban J connectivity index is 2.00. The Kier molecular flexibility index (Phi) is 3.05. The largest absolute Gasteiger partial charge is 0.416 e. The van der Waals surface area contributed by atoms with Gasteiger partial charge in [0.05, 0.1) is 0 Å². The Hall–Kier alpha value is -2.13. The van der Waals surface area contributed by atoms with Crippen molar-refractivity contribution in [1.29, 1.82) is 0 Å². The summed E-state index contributed by atoms with van der Waals surface area (Å²) in [5, 5.41) is 8.78. The molecule has 3 rings (SSSR count). The topological polar surface area (TPSA) is 38.9 Å². The number of rotatable bonds is 2. The van der Waals surface area contributed by atoms with E-state index in [-0.39, 0.29) is 0 Å². The van der Waals surface area contributed by atoms with E-state index >= 15 is 0 Å². The van der Waals surface area contributed by atoms with Crippen molar-refractivity contribution < 1.29 is 4.42 Å². The third-order valence-electron chi connectivity index (χ3n) is 2.76. The van der Waals surface area contributed by atoms with Gasteiger partial charge in [0.25, 0.3) is 0 Å². The summed E-state index contributed by atoms with van der Waals surface area (Å²) in [5.41, 5.74) is 2.89. The fraction of sp³-hybridized carbons (Fsp3) is 0.0667. The number of halogens is 1. The Morgan fingerprint density at radius 1 is 0.895 bits per heavy atom. The summed E-state index contributed by atoms with van der Waals surface area (Å²) in [4.78, 5) is 0. The summed E-state index contributed by atoms with van der Waals surface area (Å²) in [6, 6.07) is 15.3. The van der Waals surface area contributed by atoms with Crippen molar-refractivity contribution in [3.8, 4) is 22.9 Å². The van der Waals surface area contributed by atoms with Gasteiger partial charge in [0, 0.05) is 16.1 Å². The minimum Gasteiger partial charge on any atom is -0.416 e. The van der Waals surface area contributed by atoms with Crippen molar-refractivity contribution in [2.75, 3.05) is 0 Å². The smallest absolute Gasteiger partial charge is 0.248 e. The summed E-state index contributed by atoms with van der Waals surface area (Å²) in [6.45, 7) is 2.03. The molecule has 94 valence electrons. The highest BCUT2D eigenvalue weighted by Crippen LogP contribution is 2.25. The highest BCUT2D eigenvalue weighted by atomic mass is 35.5. The molecule has 0 saturated carbocycles. The quantitative estimate of drug-likeness (QED) is 0.694. The summed E-state index contributed by atoms with van der Waals surface area (Å²) in [7, 11) is 0. The molecule has 0 N–H and O–H groups in total. The van der Waals surface area contributed by atoms with Gasteiger partial charge in [0.1, 0.15) is 0 Å². The van der Waals surface area contributed by atoms with Gasteiger partial charge in [-0.2, -0.15) is 0 Å². The molecule has 0 fully saturated rings. The molecule has 1 aromatic heterocycles. The second kappa shape index (κ2) is 4.86. The fourth-order valence-electron chi connectivity index (χ4n) is 1.86. The number of aromatic nitrogens is 2. The molecule has 4 heteroatoms. The van der Waals surface area contributed by atoms with Crippen molar-refractivity contribution in [3.63, 3.8) is 0 Å². The van der Waals surface area contributed by atoms with Crippen LogP contribution in [0, 0.1) is 6.92 Å². The van der Waals surface area contributed by atoms with Gasteiger partial charge in [-0.15, -0.1) is 10.2 Å². The lowest BCUT2D eigenvalue weighted by molar-refractivity contribution is 0.584. The predicted molar refractivity (Wildman–Crippen MR) is 74.9 cm³/mol. The van der Waals surface area contributed by atoms with E-state index in [0.717, 1.165) is 16.7 Å². The first-order valence-electron chi connectivity index (χ1n) is 5.89. The minimum absolute atomic E-state index is 0.471. The molecule has 0 spiro atoms. The zero-order chi connectivity index (χ0) is 13.2. The number of benzene rings is 2. The standard InChI is InChI=1S/C15H11ClN2O/c1-10-4-2-5-11(8-10)14-17-18-15(19-14)12-6-3-7-13(16)9-12/h2-9H,1H3. The van der Waals surface area contributed by atoms with Crippen LogP contribution in [-0.2, 0) is 0 Å². The summed E-state index contributed by atoms with van der Waals surface area (Å²) in [5.74, 6) is 0.984. The third-order valence-corrected chi connectivity index (χ3v) is 3.00. The van der Waals surface area contributed by atoms with Gasteiger partial charge in [0.2, 0.25) is 11.8 Å². The van der Waals surface area contributed by atoms with Crippen LogP contribution in [0.3, 0.4) is 0 Å². The fourth-order valence-corrected chi connectivity index (χ4v) is 2.05. The van der Waals surface area contributed by atoms with Crippen LogP contribution >= 0.6 is 11.6 Å². The molecule has 19 heavy (non-hydrogen) atoms. The van der Waals surface area contributed by atoms with Crippen LogP contribution < -0.4 is 0 Å². The van der Waals surface area contributed by atoms with E-state index in [1.165, 1.54) is 0 Å². The third kappa shape index (κ3) is 2.51. The monoisotopic (exact) mass is 270 g/mol. The number of aryl methyl sites for hydroxylation is 1. The maximum atomic E-state index is 5.95. The minimum atomic E-state index is 0.471. The van der Waals surface area contributed by atoms with Crippen molar-refractivity contribution in [3.05, 3.63) is 59.1 Å². The molecule has 0 aliphatic heterocycles. The second-order valence-electron chi connectivity index (χ2n) is 4.29. The maximum Gasteiger partial charge on any atom is 0.248 e. The van der Waals surface area contributed by atoms with Crippen LogP contribution in [0.25, 0.3) is 22.9 Å². The molecule has 0 amide bonds.